The number of nitrogens with two attached hydrogens (primary N) is 1. The van der Waals surface area contributed by atoms with Crippen LogP contribution in [-0.4, -0.2) is 5.60 Å². The molecule has 0 spiro atoms. The van der Waals surface area contributed by atoms with Crippen molar-refractivity contribution in [2.75, 3.05) is 0 Å². The van der Waals surface area contributed by atoms with Crippen LogP contribution in [0.3, 0.4) is 0 Å². The molecule has 0 saturated carbocycles. The lowest BCUT2D eigenvalue weighted by atomic mass is 10.1. The van der Waals surface area contributed by atoms with Gasteiger partial charge in [-0.25, -0.2) is 0 Å². The quantitative estimate of drug-likeness (QED) is 0.823. The third kappa shape index (κ3) is 4.69. The lowest BCUT2D eigenvalue weighted by Gasteiger charge is -2.21. The second kappa shape index (κ2) is 5.92. The summed E-state index contributed by atoms with van der Waals surface area (Å²) in [4.78, 5) is 0. The average molecular weight is 242 g/mol. The second-order valence-corrected chi connectivity index (χ2v) is 4.54. The molecular weight excluding hydrogens is 222 g/mol. The highest BCUT2D eigenvalue weighted by molar-refractivity contribution is 5.85. The van der Waals surface area contributed by atoms with Crippen LogP contribution in [0.2, 0.25) is 0 Å². The molecular formula is C13H20ClNO. The van der Waals surface area contributed by atoms with Crippen LogP contribution in [0.1, 0.15) is 32.4 Å². The first-order valence-electron chi connectivity index (χ1n) is 5.09. The van der Waals surface area contributed by atoms with Crippen molar-refractivity contribution in [2.24, 2.45) is 5.73 Å². The Bertz CT molecular complexity index is 327. The number of rotatable bonds is 3. The Kier molecular flexibility index (Phi) is 5.56. The van der Waals surface area contributed by atoms with Crippen molar-refractivity contribution in [2.45, 2.75) is 32.4 Å². The van der Waals surface area contributed by atoms with Crippen LogP contribution in [0, 0.1) is 0 Å². The zero-order valence-corrected chi connectivity index (χ0v) is 10.9. The van der Waals surface area contributed by atoms with Gasteiger partial charge in [-0.2, -0.15) is 0 Å². The Labute approximate surface area is 104 Å². The largest absolute Gasteiger partial charge is 0.488 e. The van der Waals surface area contributed by atoms with E-state index in [0.29, 0.717) is 0 Å². The lowest BCUT2D eigenvalue weighted by molar-refractivity contribution is 0.131. The van der Waals surface area contributed by atoms with E-state index in [9.17, 15) is 0 Å². The van der Waals surface area contributed by atoms with E-state index < -0.39 is 0 Å². The molecule has 0 aliphatic heterocycles. The minimum Gasteiger partial charge on any atom is -0.488 e. The average Bonchev–Trinajstić information content (AvgIpc) is 2.15. The Hall–Kier alpha value is -0.990. The fourth-order valence-electron chi connectivity index (χ4n) is 1.25. The standard InChI is InChI=1S/C13H19NO.ClH/c1-5-12(14)10-6-8-11(9-7-10)15-13(2,3)4;/h5-9,12H,1,14H2,2-4H3;1H/t12-;/m1./s1. The maximum Gasteiger partial charge on any atom is 0.120 e. The molecule has 0 unspecified atom stereocenters. The maximum atomic E-state index is 5.81. The summed E-state index contributed by atoms with van der Waals surface area (Å²) in [5.41, 5.74) is 6.70. The molecule has 3 heteroatoms. The summed E-state index contributed by atoms with van der Waals surface area (Å²) in [6.07, 6.45) is 1.72. The van der Waals surface area contributed by atoms with Gasteiger partial charge in [0, 0.05) is 6.04 Å². The van der Waals surface area contributed by atoms with Crippen LogP contribution in [-0.2, 0) is 0 Å². The van der Waals surface area contributed by atoms with Gasteiger partial charge < -0.3 is 10.5 Å². The number of ether oxygens (including phenoxy) is 1. The molecule has 0 aliphatic carbocycles. The first kappa shape index (κ1) is 15.0. The zero-order valence-electron chi connectivity index (χ0n) is 10.1. The Balaban J connectivity index is 0.00000225. The Morgan fingerprint density at radius 1 is 1.25 bits per heavy atom. The molecule has 1 aromatic rings. The van der Waals surface area contributed by atoms with E-state index in [0.717, 1.165) is 11.3 Å². The van der Waals surface area contributed by atoms with Gasteiger partial charge in [-0.3, -0.25) is 0 Å². The van der Waals surface area contributed by atoms with E-state index in [1.54, 1.807) is 6.08 Å². The van der Waals surface area contributed by atoms with Gasteiger partial charge in [0.1, 0.15) is 11.4 Å². The highest BCUT2D eigenvalue weighted by atomic mass is 35.5. The molecule has 1 rings (SSSR count). The summed E-state index contributed by atoms with van der Waals surface area (Å²) in [6, 6.07) is 7.70. The third-order valence-electron chi connectivity index (χ3n) is 1.94. The molecule has 0 bridgehead atoms. The van der Waals surface area contributed by atoms with Gasteiger partial charge in [-0.15, -0.1) is 19.0 Å². The molecule has 16 heavy (non-hydrogen) atoms. The molecule has 1 atom stereocenters. The topological polar surface area (TPSA) is 35.2 Å². The van der Waals surface area contributed by atoms with Crippen LogP contribution >= 0.6 is 12.4 Å². The molecule has 0 heterocycles. The first-order valence-corrected chi connectivity index (χ1v) is 5.09. The van der Waals surface area contributed by atoms with Crippen LogP contribution < -0.4 is 10.5 Å². The summed E-state index contributed by atoms with van der Waals surface area (Å²) in [5, 5.41) is 0. The Morgan fingerprint density at radius 2 is 1.75 bits per heavy atom. The van der Waals surface area contributed by atoms with Crippen molar-refractivity contribution in [1.29, 1.82) is 0 Å². The van der Waals surface area contributed by atoms with Gasteiger partial charge in [0.15, 0.2) is 0 Å². The van der Waals surface area contributed by atoms with E-state index in [1.807, 2.05) is 45.0 Å². The van der Waals surface area contributed by atoms with Crippen molar-refractivity contribution in [3.8, 4) is 5.75 Å². The highest BCUT2D eigenvalue weighted by Crippen LogP contribution is 2.20. The van der Waals surface area contributed by atoms with Crippen molar-refractivity contribution in [1.82, 2.24) is 0 Å². The van der Waals surface area contributed by atoms with Gasteiger partial charge in [0.05, 0.1) is 0 Å². The van der Waals surface area contributed by atoms with Crippen molar-refractivity contribution in [3.05, 3.63) is 42.5 Å². The molecule has 0 radical (unpaired) electrons. The predicted octanol–water partition coefficient (Wildman–Crippen LogP) is 3.47. The molecule has 0 amide bonds. The number of hydrogen-bond acceptors (Lipinski definition) is 2. The smallest absolute Gasteiger partial charge is 0.120 e. The maximum absolute atomic E-state index is 5.81. The number of halogens is 1. The van der Waals surface area contributed by atoms with Gasteiger partial charge in [0.2, 0.25) is 0 Å². The van der Waals surface area contributed by atoms with Crippen molar-refractivity contribution in [3.63, 3.8) is 0 Å². The minimum absolute atomic E-state index is 0. The summed E-state index contributed by atoms with van der Waals surface area (Å²) < 4.78 is 5.70. The molecule has 0 aromatic heterocycles. The SMILES string of the molecule is C=C[C@@H](N)c1ccc(OC(C)(C)C)cc1.Cl. The molecule has 0 saturated heterocycles. The van der Waals surface area contributed by atoms with Crippen LogP contribution in [0.5, 0.6) is 5.75 Å². The summed E-state index contributed by atoms with van der Waals surface area (Å²) in [6.45, 7) is 9.74. The van der Waals surface area contributed by atoms with Gasteiger partial charge >= 0.3 is 0 Å². The minimum atomic E-state index is -0.165. The normalized spacial score (nSPS) is 12.5. The molecule has 1 aromatic carbocycles. The van der Waals surface area contributed by atoms with E-state index >= 15 is 0 Å². The lowest BCUT2D eigenvalue weighted by Crippen LogP contribution is -2.22. The van der Waals surface area contributed by atoms with E-state index in [2.05, 4.69) is 6.58 Å². The fourth-order valence-corrected chi connectivity index (χ4v) is 1.25. The number of hydrogen-bond donors (Lipinski definition) is 1. The summed E-state index contributed by atoms with van der Waals surface area (Å²) in [7, 11) is 0. The highest BCUT2D eigenvalue weighted by Gasteiger charge is 2.11. The Morgan fingerprint density at radius 3 is 2.12 bits per heavy atom. The predicted molar refractivity (Wildman–Crippen MR) is 71.2 cm³/mol. The van der Waals surface area contributed by atoms with E-state index in [1.165, 1.54) is 0 Å². The fraction of sp³-hybridized carbons (Fsp3) is 0.385. The number of benzene rings is 1. The van der Waals surface area contributed by atoms with E-state index in [4.69, 9.17) is 10.5 Å². The second-order valence-electron chi connectivity index (χ2n) is 4.54. The summed E-state index contributed by atoms with van der Waals surface area (Å²) in [5.74, 6) is 0.863. The zero-order chi connectivity index (χ0) is 11.5. The third-order valence-corrected chi connectivity index (χ3v) is 1.94. The molecule has 2 nitrogen and oxygen atoms in total. The van der Waals surface area contributed by atoms with Crippen LogP contribution in [0.25, 0.3) is 0 Å². The molecule has 0 fully saturated rings. The van der Waals surface area contributed by atoms with Crippen molar-refractivity contribution < 1.29 is 4.74 Å². The van der Waals surface area contributed by atoms with E-state index in [-0.39, 0.29) is 24.0 Å². The van der Waals surface area contributed by atoms with Gasteiger partial charge in [-0.1, -0.05) is 18.2 Å². The van der Waals surface area contributed by atoms with Crippen LogP contribution in [0.4, 0.5) is 0 Å². The summed E-state index contributed by atoms with van der Waals surface area (Å²) >= 11 is 0. The van der Waals surface area contributed by atoms with Crippen molar-refractivity contribution >= 4 is 12.4 Å². The first-order chi connectivity index (χ1) is 6.92. The van der Waals surface area contributed by atoms with Crippen LogP contribution in [0.15, 0.2) is 36.9 Å². The molecule has 2 N–H and O–H groups in total. The van der Waals surface area contributed by atoms with Gasteiger partial charge in [-0.05, 0) is 38.5 Å². The monoisotopic (exact) mass is 241 g/mol. The molecule has 0 aliphatic rings. The molecule has 90 valence electrons. The van der Waals surface area contributed by atoms with Gasteiger partial charge in [0.25, 0.3) is 0 Å².